The molecule has 3 heteroatoms. The zero-order valence-electron chi connectivity index (χ0n) is 5.99. The molecule has 2 aliphatic heterocycles. The first kappa shape index (κ1) is 6.58. The summed E-state index contributed by atoms with van der Waals surface area (Å²) >= 11 is 0. The minimum Gasteiger partial charge on any atom is -0.396 e. The minimum absolute atomic E-state index is 0.314. The zero-order chi connectivity index (χ0) is 6.97. The van der Waals surface area contributed by atoms with Crippen LogP contribution in [0, 0.1) is 0 Å². The third-order valence-corrected chi connectivity index (χ3v) is 2.40. The van der Waals surface area contributed by atoms with Crippen molar-refractivity contribution in [1.29, 1.82) is 0 Å². The van der Waals surface area contributed by atoms with E-state index in [-0.39, 0.29) is 0 Å². The molecular formula is C7H13NO2. The lowest BCUT2D eigenvalue weighted by atomic mass is 9.95. The summed E-state index contributed by atoms with van der Waals surface area (Å²) in [5.41, 5.74) is 0. The first-order valence-electron chi connectivity index (χ1n) is 3.88. The molecule has 2 saturated heterocycles. The molecule has 0 radical (unpaired) electrons. The van der Waals surface area contributed by atoms with Crippen LogP contribution in [0.25, 0.3) is 0 Å². The monoisotopic (exact) mass is 143 g/mol. The van der Waals surface area contributed by atoms with E-state index < -0.39 is 0 Å². The molecule has 0 spiro atoms. The van der Waals surface area contributed by atoms with Gasteiger partial charge in [-0.3, -0.25) is 4.90 Å². The molecule has 2 aliphatic rings. The van der Waals surface area contributed by atoms with Crippen molar-refractivity contribution in [2.45, 2.75) is 18.6 Å². The van der Waals surface area contributed by atoms with Crippen LogP contribution in [0.3, 0.4) is 0 Å². The predicted octanol–water partition coefficient (Wildman–Crippen LogP) is -0.548. The van der Waals surface area contributed by atoms with Gasteiger partial charge in [-0.25, -0.2) is 0 Å². The second kappa shape index (κ2) is 2.49. The summed E-state index contributed by atoms with van der Waals surface area (Å²) in [5, 5.41) is 8.55. The Hall–Kier alpha value is -0.120. The van der Waals surface area contributed by atoms with Crippen molar-refractivity contribution in [3.63, 3.8) is 0 Å². The van der Waals surface area contributed by atoms with E-state index in [1.807, 2.05) is 0 Å². The van der Waals surface area contributed by atoms with Crippen molar-refractivity contribution in [1.82, 2.24) is 4.90 Å². The number of rotatable bonds is 3. The van der Waals surface area contributed by atoms with Crippen molar-refractivity contribution in [3.8, 4) is 0 Å². The van der Waals surface area contributed by atoms with Gasteiger partial charge in [0.15, 0.2) is 0 Å². The SMILES string of the molecule is OCCCN1CC2OC[C@H]21. The average molecular weight is 143 g/mol. The number of hydrogen-bond donors (Lipinski definition) is 1. The van der Waals surface area contributed by atoms with Crippen LogP contribution in [-0.2, 0) is 4.74 Å². The summed E-state index contributed by atoms with van der Waals surface area (Å²) in [6.45, 7) is 3.36. The van der Waals surface area contributed by atoms with E-state index in [2.05, 4.69) is 4.90 Å². The highest BCUT2D eigenvalue weighted by Gasteiger charge is 2.46. The predicted molar refractivity (Wildman–Crippen MR) is 36.8 cm³/mol. The minimum atomic E-state index is 0.314. The first-order chi connectivity index (χ1) is 4.92. The molecule has 1 unspecified atom stereocenters. The van der Waals surface area contributed by atoms with Gasteiger partial charge in [-0.15, -0.1) is 0 Å². The first-order valence-corrected chi connectivity index (χ1v) is 3.88. The fraction of sp³-hybridized carbons (Fsp3) is 1.00. The number of hydrogen-bond acceptors (Lipinski definition) is 3. The van der Waals surface area contributed by atoms with E-state index in [4.69, 9.17) is 9.84 Å². The molecule has 0 aromatic carbocycles. The van der Waals surface area contributed by atoms with Gasteiger partial charge in [-0.2, -0.15) is 0 Å². The van der Waals surface area contributed by atoms with E-state index in [1.54, 1.807) is 0 Å². The Bertz CT molecular complexity index is 129. The lowest BCUT2D eigenvalue weighted by Crippen LogP contribution is -2.70. The third-order valence-electron chi connectivity index (χ3n) is 2.40. The van der Waals surface area contributed by atoms with Gasteiger partial charge in [-0.1, -0.05) is 0 Å². The van der Waals surface area contributed by atoms with Crippen LogP contribution < -0.4 is 0 Å². The van der Waals surface area contributed by atoms with Crippen LogP contribution in [0.1, 0.15) is 6.42 Å². The molecule has 2 heterocycles. The van der Waals surface area contributed by atoms with Crippen LogP contribution in [0.5, 0.6) is 0 Å². The molecule has 2 fully saturated rings. The average Bonchev–Trinajstić information content (AvgIpc) is 1.92. The molecule has 0 amide bonds. The van der Waals surface area contributed by atoms with Gasteiger partial charge in [0.1, 0.15) is 0 Å². The molecule has 0 aliphatic carbocycles. The summed E-state index contributed by atoms with van der Waals surface area (Å²) in [7, 11) is 0. The number of nitrogens with zero attached hydrogens (tertiary/aromatic N) is 1. The van der Waals surface area contributed by atoms with Gasteiger partial charge in [-0.05, 0) is 6.42 Å². The number of ether oxygens (including phenoxy) is 1. The largest absolute Gasteiger partial charge is 0.396 e. The Balaban J connectivity index is 1.67. The topological polar surface area (TPSA) is 32.7 Å². The number of likely N-dealkylation sites (tertiary alicyclic amines) is 1. The van der Waals surface area contributed by atoms with Gasteiger partial charge in [0.05, 0.1) is 18.8 Å². The van der Waals surface area contributed by atoms with Crippen molar-refractivity contribution in [2.75, 3.05) is 26.3 Å². The van der Waals surface area contributed by atoms with Crippen LogP contribution in [0.4, 0.5) is 0 Å². The van der Waals surface area contributed by atoms with Crippen LogP contribution in [-0.4, -0.2) is 48.5 Å². The van der Waals surface area contributed by atoms with Crippen LogP contribution >= 0.6 is 0 Å². The van der Waals surface area contributed by atoms with E-state index in [0.29, 0.717) is 18.8 Å². The molecule has 10 heavy (non-hydrogen) atoms. The Morgan fingerprint density at radius 2 is 2.50 bits per heavy atom. The van der Waals surface area contributed by atoms with Gasteiger partial charge in [0.2, 0.25) is 0 Å². The quantitative estimate of drug-likeness (QED) is 0.575. The number of fused-ring (bicyclic) bond motifs is 1. The molecule has 2 rings (SSSR count). The second-order valence-corrected chi connectivity index (χ2v) is 3.01. The number of morpholine rings is 1. The van der Waals surface area contributed by atoms with Gasteiger partial charge in [0, 0.05) is 19.7 Å². The number of aliphatic hydroxyl groups excluding tert-OH is 1. The summed E-state index contributed by atoms with van der Waals surface area (Å²) in [4.78, 5) is 2.38. The maximum absolute atomic E-state index is 8.55. The molecule has 58 valence electrons. The molecule has 0 saturated carbocycles. The van der Waals surface area contributed by atoms with Crippen LogP contribution in [0.15, 0.2) is 0 Å². The van der Waals surface area contributed by atoms with E-state index in [0.717, 1.165) is 26.1 Å². The normalized spacial score (nSPS) is 38.1. The van der Waals surface area contributed by atoms with Crippen molar-refractivity contribution in [2.24, 2.45) is 0 Å². The zero-order valence-corrected chi connectivity index (χ0v) is 5.99. The third kappa shape index (κ3) is 0.856. The molecule has 2 atom stereocenters. The Morgan fingerprint density at radius 1 is 1.60 bits per heavy atom. The Morgan fingerprint density at radius 3 is 2.90 bits per heavy atom. The second-order valence-electron chi connectivity index (χ2n) is 3.01. The lowest BCUT2D eigenvalue weighted by Gasteiger charge is -2.54. The standard InChI is InChI=1S/C7H13NO2/c9-3-1-2-8-4-7-6(8)5-10-7/h6-7,9H,1-5H2/t6-,7?/m1/s1. The van der Waals surface area contributed by atoms with Gasteiger partial charge < -0.3 is 9.84 Å². The van der Waals surface area contributed by atoms with E-state index in [9.17, 15) is 0 Å². The highest BCUT2D eigenvalue weighted by Crippen LogP contribution is 2.29. The Labute approximate surface area is 60.6 Å². The Kier molecular flexibility index (Phi) is 1.64. The van der Waals surface area contributed by atoms with E-state index >= 15 is 0 Å². The van der Waals surface area contributed by atoms with Crippen molar-refractivity contribution in [3.05, 3.63) is 0 Å². The molecule has 0 bridgehead atoms. The summed E-state index contributed by atoms with van der Waals surface area (Å²) in [6, 6.07) is 0.701. The molecule has 0 aromatic heterocycles. The van der Waals surface area contributed by atoms with Crippen molar-refractivity contribution < 1.29 is 9.84 Å². The molecular weight excluding hydrogens is 130 g/mol. The lowest BCUT2D eigenvalue weighted by molar-refractivity contribution is -0.214. The number of aliphatic hydroxyl groups is 1. The fourth-order valence-corrected chi connectivity index (χ4v) is 1.59. The highest BCUT2D eigenvalue weighted by molar-refractivity contribution is 4.99. The molecule has 0 aromatic rings. The van der Waals surface area contributed by atoms with Crippen LogP contribution in [0.2, 0.25) is 0 Å². The van der Waals surface area contributed by atoms with Gasteiger partial charge >= 0.3 is 0 Å². The van der Waals surface area contributed by atoms with Crippen molar-refractivity contribution >= 4 is 0 Å². The highest BCUT2D eigenvalue weighted by atomic mass is 16.5. The molecule has 3 nitrogen and oxygen atoms in total. The smallest absolute Gasteiger partial charge is 0.0880 e. The fourth-order valence-electron chi connectivity index (χ4n) is 1.59. The maximum Gasteiger partial charge on any atom is 0.0880 e. The maximum atomic E-state index is 8.55. The summed E-state index contributed by atoms with van der Waals surface area (Å²) in [5.74, 6) is 0. The summed E-state index contributed by atoms with van der Waals surface area (Å²) < 4.78 is 5.24. The van der Waals surface area contributed by atoms with E-state index in [1.165, 1.54) is 0 Å². The summed E-state index contributed by atoms with van der Waals surface area (Å²) in [6.07, 6.45) is 1.45. The van der Waals surface area contributed by atoms with Gasteiger partial charge in [0.25, 0.3) is 0 Å². The molecule has 1 N–H and O–H groups in total.